The van der Waals surface area contributed by atoms with Crippen molar-refractivity contribution >= 4 is 57.0 Å². The summed E-state index contributed by atoms with van der Waals surface area (Å²) < 4.78 is 10.8. The number of anilines is 3. The van der Waals surface area contributed by atoms with Crippen LogP contribution in [0.3, 0.4) is 0 Å². The van der Waals surface area contributed by atoms with E-state index >= 15 is 0 Å². The molecule has 2 aromatic carbocycles. The van der Waals surface area contributed by atoms with Crippen LogP contribution in [-0.4, -0.2) is 67.6 Å². The fourth-order valence-corrected chi connectivity index (χ4v) is 5.81. The second-order valence-electron chi connectivity index (χ2n) is 10.0. The summed E-state index contributed by atoms with van der Waals surface area (Å²) in [6.45, 7) is 10.9. The molecular formula is C32H33Cl2N5O3. The maximum absolute atomic E-state index is 12.4. The normalized spacial score (nSPS) is 13.7. The smallest absolute Gasteiger partial charge is 0.159 e. The van der Waals surface area contributed by atoms with Crippen LogP contribution in [0, 0.1) is 0 Å². The van der Waals surface area contributed by atoms with Crippen molar-refractivity contribution in [3.63, 3.8) is 0 Å². The van der Waals surface area contributed by atoms with Gasteiger partial charge in [0.25, 0.3) is 0 Å². The third kappa shape index (κ3) is 6.16. The summed E-state index contributed by atoms with van der Waals surface area (Å²) in [5.74, 6) is 1.47. The van der Waals surface area contributed by atoms with E-state index < -0.39 is 0 Å². The van der Waals surface area contributed by atoms with Gasteiger partial charge in [-0.05, 0) is 48.5 Å². The van der Waals surface area contributed by atoms with E-state index in [9.17, 15) is 4.79 Å². The first kappa shape index (κ1) is 29.6. The highest BCUT2D eigenvalue weighted by Crippen LogP contribution is 2.45. The molecule has 0 spiro atoms. The largest absolute Gasteiger partial charge is 0.495 e. The van der Waals surface area contributed by atoms with E-state index in [1.807, 2.05) is 18.2 Å². The Hall–Kier alpha value is -3.85. The monoisotopic (exact) mass is 605 g/mol. The van der Waals surface area contributed by atoms with Crippen LogP contribution >= 0.6 is 23.2 Å². The predicted octanol–water partition coefficient (Wildman–Crippen LogP) is 6.80. The van der Waals surface area contributed by atoms with Gasteiger partial charge in [0.15, 0.2) is 5.78 Å². The van der Waals surface area contributed by atoms with Crippen molar-refractivity contribution in [1.29, 1.82) is 0 Å². The van der Waals surface area contributed by atoms with Crippen molar-refractivity contribution in [2.24, 2.45) is 0 Å². The molecule has 0 amide bonds. The second-order valence-corrected chi connectivity index (χ2v) is 10.8. The summed E-state index contributed by atoms with van der Waals surface area (Å²) in [5.41, 5.74) is 3.91. The number of hydrogen-bond acceptors (Lipinski definition) is 8. The third-order valence-corrected chi connectivity index (χ3v) is 8.31. The lowest BCUT2D eigenvalue weighted by Crippen LogP contribution is -2.46. The van der Waals surface area contributed by atoms with Crippen LogP contribution in [0.25, 0.3) is 22.0 Å². The van der Waals surface area contributed by atoms with E-state index in [1.165, 1.54) is 20.3 Å². The molecule has 1 aliphatic rings. The van der Waals surface area contributed by atoms with Gasteiger partial charge in [0.05, 0.1) is 30.0 Å². The van der Waals surface area contributed by atoms with Crippen molar-refractivity contribution < 1.29 is 14.3 Å². The lowest BCUT2D eigenvalue weighted by molar-refractivity contribution is -0.114. The molecule has 0 saturated carbocycles. The maximum Gasteiger partial charge on any atom is 0.159 e. The first-order valence-electron chi connectivity index (χ1n) is 13.7. The van der Waals surface area contributed by atoms with Crippen LogP contribution < -0.4 is 19.7 Å². The van der Waals surface area contributed by atoms with Gasteiger partial charge in [0.2, 0.25) is 0 Å². The number of likely N-dealkylation sites (N-methyl/N-ethyl adjacent to an activating group) is 1. The van der Waals surface area contributed by atoms with E-state index in [-0.39, 0.29) is 12.2 Å². The third-order valence-electron chi connectivity index (χ3n) is 7.56. The van der Waals surface area contributed by atoms with Gasteiger partial charge in [-0.3, -0.25) is 9.78 Å². The summed E-state index contributed by atoms with van der Waals surface area (Å²) in [6, 6.07) is 11.6. The van der Waals surface area contributed by atoms with E-state index in [4.69, 9.17) is 32.7 Å². The van der Waals surface area contributed by atoms with Gasteiger partial charge in [0.1, 0.15) is 17.3 Å². The molecule has 4 aromatic rings. The highest BCUT2D eigenvalue weighted by Gasteiger charge is 2.21. The van der Waals surface area contributed by atoms with Crippen molar-refractivity contribution in [2.45, 2.75) is 13.3 Å². The summed E-state index contributed by atoms with van der Waals surface area (Å²) in [4.78, 5) is 26.5. The summed E-state index contributed by atoms with van der Waals surface area (Å²) >= 11 is 13.2. The molecule has 10 heteroatoms. The summed E-state index contributed by atoms with van der Waals surface area (Å²) in [7, 11) is 3.06. The molecule has 0 atom stereocenters. The zero-order chi connectivity index (χ0) is 29.8. The number of methoxy groups -OCH3 is 2. The Kier molecular flexibility index (Phi) is 9.16. The number of pyridine rings is 2. The van der Waals surface area contributed by atoms with Gasteiger partial charge >= 0.3 is 0 Å². The van der Waals surface area contributed by atoms with Crippen LogP contribution in [0.15, 0.2) is 61.4 Å². The Morgan fingerprint density at radius 2 is 1.64 bits per heavy atom. The molecule has 1 fully saturated rings. The number of aromatic nitrogens is 2. The van der Waals surface area contributed by atoms with Crippen LogP contribution in [0.1, 0.15) is 12.5 Å². The first-order chi connectivity index (χ1) is 20.3. The number of rotatable bonds is 10. The Balaban J connectivity index is 1.44. The quantitative estimate of drug-likeness (QED) is 0.198. The SMILES string of the molecule is C=CC(=O)Cc1cc(N2CCN(CC)CC2)ccc1Nc1cc2cnc(-c3c(Cl)c(OC)cc(OC)c3Cl)cc2cn1. The molecule has 1 N–H and O–H groups in total. The molecular weight excluding hydrogens is 573 g/mol. The molecule has 0 aliphatic carbocycles. The molecule has 2 aromatic heterocycles. The van der Waals surface area contributed by atoms with E-state index in [0.717, 1.165) is 60.4 Å². The van der Waals surface area contributed by atoms with Crippen LogP contribution in [0.5, 0.6) is 11.5 Å². The number of benzene rings is 2. The number of ether oxygens (including phenoxy) is 2. The van der Waals surface area contributed by atoms with E-state index in [1.54, 1.807) is 18.5 Å². The minimum absolute atomic E-state index is 0.0410. The van der Waals surface area contributed by atoms with Gasteiger partial charge < -0.3 is 24.6 Å². The molecule has 0 radical (unpaired) electrons. The topological polar surface area (TPSA) is 79.8 Å². The number of fused-ring (bicyclic) bond motifs is 1. The second kappa shape index (κ2) is 13.0. The maximum atomic E-state index is 12.4. The Bertz CT molecular complexity index is 1610. The lowest BCUT2D eigenvalue weighted by Gasteiger charge is -2.35. The number of nitrogens with zero attached hydrogens (tertiary/aromatic N) is 4. The average Bonchev–Trinajstić information content (AvgIpc) is 3.02. The molecule has 3 heterocycles. The van der Waals surface area contributed by atoms with Crippen LogP contribution in [0.2, 0.25) is 10.0 Å². The highest BCUT2D eigenvalue weighted by molar-refractivity contribution is 6.41. The van der Waals surface area contributed by atoms with Crippen molar-refractivity contribution in [3.8, 4) is 22.8 Å². The Morgan fingerprint density at radius 1 is 0.976 bits per heavy atom. The van der Waals surface area contributed by atoms with Gasteiger partial charge in [0, 0.05) is 78.8 Å². The average molecular weight is 607 g/mol. The first-order valence-corrected chi connectivity index (χ1v) is 14.5. The number of nitrogens with one attached hydrogen (secondary N) is 1. The van der Waals surface area contributed by atoms with Crippen molar-refractivity contribution in [1.82, 2.24) is 14.9 Å². The van der Waals surface area contributed by atoms with Gasteiger partial charge in [-0.2, -0.15) is 0 Å². The molecule has 8 nitrogen and oxygen atoms in total. The van der Waals surface area contributed by atoms with Gasteiger partial charge in [-0.15, -0.1) is 0 Å². The minimum atomic E-state index is -0.0410. The molecule has 0 unspecified atom stereocenters. The minimum Gasteiger partial charge on any atom is -0.495 e. The number of piperazine rings is 1. The van der Waals surface area contributed by atoms with E-state index in [2.05, 4.69) is 50.7 Å². The summed E-state index contributed by atoms with van der Waals surface area (Å²) in [5, 5.41) is 5.82. The Morgan fingerprint density at radius 3 is 2.29 bits per heavy atom. The van der Waals surface area contributed by atoms with Crippen molar-refractivity contribution in [2.75, 3.05) is 57.2 Å². The fraction of sp³-hybridized carbons (Fsp3) is 0.281. The number of hydrogen-bond donors (Lipinski definition) is 1. The lowest BCUT2D eigenvalue weighted by atomic mass is 10.0. The van der Waals surface area contributed by atoms with Gasteiger partial charge in [-0.1, -0.05) is 36.7 Å². The standard InChI is InChI=1S/C32H33Cl2N5O3/c1-5-24(40)14-20-13-23(39-11-9-38(6-2)10-12-39)7-8-25(20)37-29-16-22-18-35-26(15-21(22)19-36-29)30-31(33)27(41-3)17-28(42-4)32(30)34/h5,7-8,13,15-19H,1,6,9-12,14H2,2-4H3,(H,36,37). The number of carbonyl (C=O) groups is 1. The molecule has 42 heavy (non-hydrogen) atoms. The Labute approximate surface area is 255 Å². The summed E-state index contributed by atoms with van der Waals surface area (Å²) in [6.07, 6.45) is 5.12. The zero-order valence-electron chi connectivity index (χ0n) is 23.9. The van der Waals surface area contributed by atoms with Crippen LogP contribution in [-0.2, 0) is 11.2 Å². The van der Waals surface area contributed by atoms with E-state index in [0.29, 0.717) is 38.6 Å². The molecule has 218 valence electrons. The molecule has 5 rings (SSSR count). The highest BCUT2D eigenvalue weighted by atomic mass is 35.5. The van der Waals surface area contributed by atoms with Crippen LogP contribution in [0.4, 0.5) is 17.2 Å². The molecule has 0 bridgehead atoms. The van der Waals surface area contributed by atoms with Gasteiger partial charge in [-0.25, -0.2) is 4.98 Å². The number of halogens is 2. The zero-order valence-corrected chi connectivity index (χ0v) is 25.4. The fourth-order valence-electron chi connectivity index (χ4n) is 5.12. The number of ketones is 1. The molecule has 1 saturated heterocycles. The predicted molar refractivity (Wildman–Crippen MR) is 171 cm³/mol. The molecule has 1 aliphatic heterocycles. The number of carbonyl (C=O) groups excluding carboxylic acids is 1. The number of allylic oxidation sites excluding steroid dienone is 1. The van der Waals surface area contributed by atoms with Crippen molar-refractivity contribution in [3.05, 3.63) is 77.1 Å².